The fourth-order valence-corrected chi connectivity index (χ4v) is 3.01. The van der Waals surface area contributed by atoms with Crippen LogP contribution in [0.15, 0.2) is 0 Å². The van der Waals surface area contributed by atoms with Crippen molar-refractivity contribution in [3.8, 4) is 0 Å². The molecule has 2 nitrogen and oxygen atoms in total. The highest BCUT2D eigenvalue weighted by molar-refractivity contribution is 7.99. The van der Waals surface area contributed by atoms with Crippen LogP contribution in [0.25, 0.3) is 0 Å². The Labute approximate surface area is 112 Å². The normalized spacial score (nSPS) is 17.1. The predicted octanol–water partition coefficient (Wildman–Crippen LogP) is 3.29. The first-order valence-corrected chi connectivity index (χ1v) is 8.05. The lowest BCUT2D eigenvalue weighted by molar-refractivity contribution is 0.156. The number of nitrogens with one attached hydrogen (secondary N) is 1. The summed E-state index contributed by atoms with van der Waals surface area (Å²) < 4.78 is 0. The van der Waals surface area contributed by atoms with E-state index in [4.69, 9.17) is 0 Å². The van der Waals surface area contributed by atoms with Gasteiger partial charge in [-0.2, -0.15) is 11.8 Å². The molecule has 0 fully saturated rings. The fraction of sp³-hybridized carbons (Fsp3) is 1.00. The van der Waals surface area contributed by atoms with Crippen LogP contribution in [0, 0.1) is 5.92 Å². The molecule has 0 heterocycles. The Bertz CT molecular complexity index is 187. The van der Waals surface area contributed by atoms with Crippen molar-refractivity contribution in [3.05, 3.63) is 0 Å². The molecule has 2 atom stereocenters. The van der Waals surface area contributed by atoms with E-state index in [1.54, 1.807) is 0 Å². The topological polar surface area (TPSA) is 32.3 Å². The average Bonchev–Trinajstić information content (AvgIpc) is 2.27. The van der Waals surface area contributed by atoms with Gasteiger partial charge in [0, 0.05) is 11.6 Å². The summed E-state index contributed by atoms with van der Waals surface area (Å²) in [6.45, 7) is 11.2. The Morgan fingerprint density at radius 3 is 2.41 bits per heavy atom. The molecule has 0 aliphatic rings. The van der Waals surface area contributed by atoms with Gasteiger partial charge in [0.2, 0.25) is 0 Å². The van der Waals surface area contributed by atoms with Crippen LogP contribution < -0.4 is 5.32 Å². The van der Waals surface area contributed by atoms with Gasteiger partial charge in [-0.1, -0.05) is 34.1 Å². The van der Waals surface area contributed by atoms with Crippen molar-refractivity contribution in [2.75, 3.05) is 18.1 Å². The molecule has 17 heavy (non-hydrogen) atoms. The lowest BCUT2D eigenvalue weighted by Gasteiger charge is -2.31. The molecular formula is C14H31NOS. The Morgan fingerprint density at radius 1 is 1.29 bits per heavy atom. The van der Waals surface area contributed by atoms with Gasteiger partial charge in [0.05, 0.1) is 6.61 Å². The monoisotopic (exact) mass is 261 g/mol. The second-order valence-electron chi connectivity index (χ2n) is 5.71. The molecule has 0 amide bonds. The maximum Gasteiger partial charge on any atom is 0.0610 e. The minimum absolute atomic E-state index is 0.106. The van der Waals surface area contributed by atoms with Crippen LogP contribution in [0.5, 0.6) is 0 Å². The summed E-state index contributed by atoms with van der Waals surface area (Å²) >= 11 is 2.05. The average molecular weight is 261 g/mol. The van der Waals surface area contributed by atoms with Gasteiger partial charge in [-0.15, -0.1) is 0 Å². The Kier molecular flexibility index (Phi) is 9.38. The van der Waals surface area contributed by atoms with Gasteiger partial charge in [0.15, 0.2) is 0 Å². The Balaban J connectivity index is 3.69. The van der Waals surface area contributed by atoms with Crippen LogP contribution in [0.1, 0.15) is 53.9 Å². The third-order valence-corrected chi connectivity index (χ3v) is 4.48. The summed E-state index contributed by atoms with van der Waals surface area (Å²) in [5.74, 6) is 3.31. The number of thioether (sulfide) groups is 1. The van der Waals surface area contributed by atoms with Crippen LogP contribution in [0.4, 0.5) is 0 Å². The van der Waals surface area contributed by atoms with Crippen molar-refractivity contribution in [1.82, 2.24) is 5.32 Å². The molecule has 2 N–H and O–H groups in total. The van der Waals surface area contributed by atoms with E-state index in [9.17, 15) is 5.11 Å². The van der Waals surface area contributed by atoms with Crippen LogP contribution in [-0.2, 0) is 0 Å². The quantitative estimate of drug-likeness (QED) is 0.592. The lowest BCUT2D eigenvalue weighted by atomic mass is 9.96. The number of aliphatic hydroxyl groups excluding tert-OH is 1. The lowest BCUT2D eigenvalue weighted by Crippen LogP contribution is -2.49. The molecule has 0 aliphatic heterocycles. The van der Waals surface area contributed by atoms with Gasteiger partial charge >= 0.3 is 0 Å². The first kappa shape index (κ1) is 17.3. The predicted molar refractivity (Wildman–Crippen MR) is 79.8 cm³/mol. The summed E-state index contributed by atoms with van der Waals surface area (Å²) in [7, 11) is 0. The molecular weight excluding hydrogens is 230 g/mol. The molecule has 0 aliphatic carbocycles. The molecule has 0 rings (SSSR count). The highest BCUT2D eigenvalue weighted by Crippen LogP contribution is 2.17. The number of aliphatic hydroxyl groups is 1. The van der Waals surface area contributed by atoms with Gasteiger partial charge in [-0.25, -0.2) is 0 Å². The van der Waals surface area contributed by atoms with Gasteiger partial charge in [-0.3, -0.25) is 0 Å². The van der Waals surface area contributed by atoms with Crippen molar-refractivity contribution < 1.29 is 5.11 Å². The third-order valence-electron chi connectivity index (χ3n) is 3.10. The first-order chi connectivity index (χ1) is 7.93. The van der Waals surface area contributed by atoms with Crippen LogP contribution in [0.2, 0.25) is 0 Å². The fourth-order valence-electron chi connectivity index (χ4n) is 1.86. The van der Waals surface area contributed by atoms with Crippen molar-refractivity contribution in [1.29, 1.82) is 0 Å². The third kappa shape index (κ3) is 8.92. The zero-order valence-corrected chi connectivity index (χ0v) is 13.1. The summed E-state index contributed by atoms with van der Waals surface area (Å²) in [4.78, 5) is 0. The number of rotatable bonds is 10. The molecule has 3 heteroatoms. The molecule has 104 valence electrons. The molecule has 0 aromatic carbocycles. The van der Waals surface area contributed by atoms with E-state index in [2.05, 4.69) is 39.9 Å². The van der Waals surface area contributed by atoms with E-state index in [1.165, 1.54) is 24.3 Å². The van der Waals surface area contributed by atoms with Crippen LogP contribution in [0.3, 0.4) is 0 Å². The highest BCUT2D eigenvalue weighted by atomic mass is 32.2. The largest absolute Gasteiger partial charge is 0.394 e. The zero-order chi connectivity index (χ0) is 13.3. The second-order valence-corrected chi connectivity index (χ2v) is 6.86. The smallest absolute Gasteiger partial charge is 0.0610 e. The van der Waals surface area contributed by atoms with E-state index in [1.807, 2.05) is 11.8 Å². The summed E-state index contributed by atoms with van der Waals surface area (Å²) in [6.07, 6.45) is 3.50. The minimum Gasteiger partial charge on any atom is -0.394 e. The van der Waals surface area contributed by atoms with Crippen molar-refractivity contribution in [3.63, 3.8) is 0 Å². The summed E-state index contributed by atoms with van der Waals surface area (Å²) in [5.41, 5.74) is -0.106. The molecule has 0 saturated heterocycles. The molecule has 0 spiro atoms. The van der Waals surface area contributed by atoms with Gasteiger partial charge < -0.3 is 10.4 Å². The number of hydrogen-bond donors (Lipinski definition) is 2. The van der Waals surface area contributed by atoms with Gasteiger partial charge in [0.1, 0.15) is 0 Å². The van der Waals surface area contributed by atoms with Crippen molar-refractivity contribution in [2.24, 2.45) is 5.92 Å². The maximum absolute atomic E-state index is 9.45. The maximum atomic E-state index is 9.45. The van der Waals surface area contributed by atoms with E-state index >= 15 is 0 Å². The van der Waals surface area contributed by atoms with E-state index < -0.39 is 0 Å². The van der Waals surface area contributed by atoms with Gasteiger partial charge in [-0.05, 0) is 37.2 Å². The molecule has 2 unspecified atom stereocenters. The SMILES string of the molecule is CCC(C)CSCCCC(C)(CO)NC(C)C. The van der Waals surface area contributed by atoms with E-state index in [-0.39, 0.29) is 12.1 Å². The van der Waals surface area contributed by atoms with E-state index in [0.717, 1.165) is 12.3 Å². The first-order valence-electron chi connectivity index (χ1n) is 6.90. The van der Waals surface area contributed by atoms with Crippen molar-refractivity contribution in [2.45, 2.75) is 65.5 Å². The Morgan fingerprint density at radius 2 is 1.94 bits per heavy atom. The van der Waals surface area contributed by atoms with Crippen LogP contribution in [-0.4, -0.2) is 34.8 Å². The second kappa shape index (κ2) is 9.23. The van der Waals surface area contributed by atoms with E-state index in [0.29, 0.717) is 6.04 Å². The molecule has 0 aromatic heterocycles. The van der Waals surface area contributed by atoms with Crippen molar-refractivity contribution >= 4 is 11.8 Å². The minimum atomic E-state index is -0.106. The standard InChI is InChI=1S/C14H31NOS/c1-6-13(4)10-17-9-7-8-14(5,11-16)15-12(2)3/h12-13,15-16H,6-11H2,1-5H3. The molecule has 0 bridgehead atoms. The Hall–Kier alpha value is 0.270. The molecule has 0 saturated carbocycles. The highest BCUT2D eigenvalue weighted by Gasteiger charge is 2.22. The molecule has 0 aromatic rings. The summed E-state index contributed by atoms with van der Waals surface area (Å²) in [6, 6.07) is 0.430. The molecule has 0 radical (unpaired) electrons. The number of hydrogen-bond acceptors (Lipinski definition) is 3. The zero-order valence-electron chi connectivity index (χ0n) is 12.3. The van der Waals surface area contributed by atoms with Crippen LogP contribution >= 0.6 is 11.8 Å². The van der Waals surface area contributed by atoms with Gasteiger partial charge in [0.25, 0.3) is 0 Å². The summed E-state index contributed by atoms with van der Waals surface area (Å²) in [5, 5.41) is 12.9.